The molecule has 2 amide bonds. The molecule has 0 aliphatic carbocycles. The fraction of sp³-hybridized carbons (Fsp3) is 0.391. The number of nitrogens with one attached hydrogen (secondary N) is 1. The van der Waals surface area contributed by atoms with Gasteiger partial charge in [0.2, 0.25) is 0 Å². The summed E-state index contributed by atoms with van der Waals surface area (Å²) in [5.74, 6) is -0.113. The Balaban J connectivity index is 1.65. The summed E-state index contributed by atoms with van der Waals surface area (Å²) in [6.45, 7) is 5.60. The maximum Gasteiger partial charge on any atom is 0.257 e. The molecule has 0 radical (unpaired) electrons. The predicted molar refractivity (Wildman–Crippen MR) is 117 cm³/mol. The first kappa shape index (κ1) is 19.8. The molecule has 2 aliphatic rings. The van der Waals surface area contributed by atoms with Gasteiger partial charge in [0.25, 0.3) is 11.8 Å². The summed E-state index contributed by atoms with van der Waals surface area (Å²) in [4.78, 5) is 30.2. The molecule has 0 unspecified atom stereocenters. The number of hydrogen-bond donors (Lipinski definition) is 1. The second-order valence-electron chi connectivity index (χ2n) is 7.76. The fourth-order valence-electron chi connectivity index (χ4n) is 4.37. The largest absolute Gasteiger partial charge is 0.351 e. The molecule has 5 nitrogen and oxygen atoms in total. The third-order valence-corrected chi connectivity index (χ3v) is 6.32. The molecule has 2 heterocycles. The lowest BCUT2D eigenvalue weighted by atomic mass is 10.0. The Hall–Kier alpha value is -2.53. The molecular formula is C23H26ClN3O2. The zero-order valence-corrected chi connectivity index (χ0v) is 17.6. The highest BCUT2D eigenvalue weighted by Crippen LogP contribution is 2.35. The van der Waals surface area contributed by atoms with Crippen LogP contribution < -0.4 is 10.2 Å². The van der Waals surface area contributed by atoms with Crippen LogP contribution in [0.5, 0.6) is 0 Å². The van der Waals surface area contributed by atoms with Crippen molar-refractivity contribution in [1.29, 1.82) is 0 Å². The van der Waals surface area contributed by atoms with Crippen LogP contribution in [-0.2, 0) is 0 Å². The molecule has 1 fully saturated rings. The molecule has 2 aliphatic heterocycles. The molecule has 0 saturated carbocycles. The fourth-order valence-corrected chi connectivity index (χ4v) is 4.48. The van der Waals surface area contributed by atoms with E-state index >= 15 is 0 Å². The van der Waals surface area contributed by atoms with E-state index in [1.54, 1.807) is 24.3 Å². The minimum absolute atomic E-state index is 0.0804. The van der Waals surface area contributed by atoms with Gasteiger partial charge in [0.15, 0.2) is 0 Å². The van der Waals surface area contributed by atoms with Crippen molar-refractivity contribution in [3.05, 3.63) is 58.1 Å². The molecule has 1 atom stereocenters. The normalized spacial score (nSPS) is 18.7. The summed E-state index contributed by atoms with van der Waals surface area (Å²) in [5, 5.41) is 3.60. The number of rotatable bonds is 3. The lowest BCUT2D eigenvalue weighted by Crippen LogP contribution is -2.55. The van der Waals surface area contributed by atoms with Gasteiger partial charge in [-0.1, -0.05) is 18.0 Å². The third-order valence-electron chi connectivity index (χ3n) is 5.90. The predicted octanol–water partition coefficient (Wildman–Crippen LogP) is 5.08. The SMILES string of the molecule is CCN1c2cc(C(=O)Nc3ccc(Cl)c(C)c3)ccc2C(=O)N2CCCCC[C@H]21. The minimum Gasteiger partial charge on any atom is -0.351 e. The van der Waals surface area contributed by atoms with Crippen molar-refractivity contribution in [2.45, 2.75) is 45.7 Å². The summed E-state index contributed by atoms with van der Waals surface area (Å²) in [5.41, 5.74) is 3.70. The van der Waals surface area contributed by atoms with E-state index in [0.29, 0.717) is 21.8 Å². The first-order chi connectivity index (χ1) is 14.0. The van der Waals surface area contributed by atoms with E-state index < -0.39 is 0 Å². The lowest BCUT2D eigenvalue weighted by molar-refractivity contribution is 0.0656. The molecule has 29 heavy (non-hydrogen) atoms. The minimum atomic E-state index is -0.193. The van der Waals surface area contributed by atoms with Gasteiger partial charge in [-0.15, -0.1) is 0 Å². The van der Waals surface area contributed by atoms with Crippen LogP contribution >= 0.6 is 11.6 Å². The first-order valence-corrected chi connectivity index (χ1v) is 10.7. The van der Waals surface area contributed by atoms with Gasteiger partial charge in [-0.05, 0) is 75.1 Å². The van der Waals surface area contributed by atoms with Crippen LogP contribution in [0.25, 0.3) is 0 Å². The molecule has 1 N–H and O–H groups in total. The number of halogens is 1. The highest BCUT2D eigenvalue weighted by Gasteiger charge is 2.37. The van der Waals surface area contributed by atoms with E-state index in [2.05, 4.69) is 17.1 Å². The van der Waals surface area contributed by atoms with Crippen molar-refractivity contribution < 1.29 is 9.59 Å². The van der Waals surface area contributed by atoms with Gasteiger partial charge in [-0.2, -0.15) is 0 Å². The molecule has 4 rings (SSSR count). The molecule has 0 aromatic heterocycles. The van der Waals surface area contributed by atoms with Crippen molar-refractivity contribution in [3.63, 3.8) is 0 Å². The summed E-state index contributed by atoms with van der Waals surface area (Å²) in [6.07, 6.45) is 4.38. The molecule has 0 spiro atoms. The highest BCUT2D eigenvalue weighted by atomic mass is 35.5. The second-order valence-corrected chi connectivity index (χ2v) is 8.17. The zero-order chi connectivity index (χ0) is 20.5. The monoisotopic (exact) mass is 411 g/mol. The van der Waals surface area contributed by atoms with Crippen molar-refractivity contribution in [2.75, 3.05) is 23.3 Å². The molecule has 0 bridgehead atoms. The Morgan fingerprint density at radius 1 is 1.17 bits per heavy atom. The van der Waals surface area contributed by atoms with Crippen molar-refractivity contribution >= 4 is 34.8 Å². The number of benzene rings is 2. The van der Waals surface area contributed by atoms with Crippen LogP contribution in [0, 0.1) is 6.92 Å². The van der Waals surface area contributed by atoms with Gasteiger partial charge in [0.05, 0.1) is 11.3 Å². The first-order valence-electron chi connectivity index (χ1n) is 10.3. The lowest BCUT2D eigenvalue weighted by Gasteiger charge is -2.44. The average molecular weight is 412 g/mol. The van der Waals surface area contributed by atoms with Crippen LogP contribution in [0.4, 0.5) is 11.4 Å². The van der Waals surface area contributed by atoms with Crippen LogP contribution in [-0.4, -0.2) is 36.0 Å². The standard InChI is InChI=1S/C23H26ClN3O2/c1-3-26-20-14-16(22(28)25-17-9-11-19(24)15(2)13-17)8-10-18(20)23(29)27-12-6-4-5-7-21(26)27/h8-11,13-14,21H,3-7,12H2,1-2H3,(H,25,28)/t21-/m0/s1. The molecule has 2 aromatic carbocycles. The number of hydrogen-bond acceptors (Lipinski definition) is 3. The summed E-state index contributed by atoms with van der Waals surface area (Å²) >= 11 is 6.07. The molecule has 6 heteroatoms. The molecular weight excluding hydrogens is 386 g/mol. The molecule has 1 saturated heterocycles. The highest BCUT2D eigenvalue weighted by molar-refractivity contribution is 6.31. The van der Waals surface area contributed by atoms with Crippen LogP contribution in [0.2, 0.25) is 5.02 Å². The Bertz CT molecular complexity index is 959. The van der Waals surface area contributed by atoms with Crippen molar-refractivity contribution in [3.8, 4) is 0 Å². The van der Waals surface area contributed by atoms with Gasteiger partial charge >= 0.3 is 0 Å². The van der Waals surface area contributed by atoms with E-state index in [9.17, 15) is 9.59 Å². The van der Waals surface area contributed by atoms with Crippen LogP contribution in [0.15, 0.2) is 36.4 Å². The van der Waals surface area contributed by atoms with Crippen LogP contribution in [0.1, 0.15) is 58.9 Å². The Kier molecular flexibility index (Phi) is 5.50. The van der Waals surface area contributed by atoms with Gasteiger partial charge in [-0.3, -0.25) is 9.59 Å². The van der Waals surface area contributed by atoms with Crippen LogP contribution in [0.3, 0.4) is 0 Å². The van der Waals surface area contributed by atoms with E-state index in [-0.39, 0.29) is 18.0 Å². The quantitative estimate of drug-likeness (QED) is 0.765. The Morgan fingerprint density at radius 2 is 2.00 bits per heavy atom. The molecule has 2 aromatic rings. The number of carbonyl (C=O) groups is 2. The number of anilines is 2. The number of fused-ring (bicyclic) bond motifs is 2. The van der Waals surface area contributed by atoms with Gasteiger partial charge in [-0.25, -0.2) is 0 Å². The summed E-state index contributed by atoms with van der Waals surface area (Å²) in [7, 11) is 0. The van der Waals surface area contributed by atoms with Gasteiger partial charge in [0.1, 0.15) is 6.17 Å². The number of carbonyl (C=O) groups excluding carboxylic acids is 2. The summed E-state index contributed by atoms with van der Waals surface area (Å²) in [6, 6.07) is 10.8. The number of amides is 2. The average Bonchev–Trinajstić information content (AvgIpc) is 2.97. The van der Waals surface area contributed by atoms with Gasteiger partial charge < -0.3 is 15.1 Å². The third kappa shape index (κ3) is 3.71. The zero-order valence-electron chi connectivity index (χ0n) is 16.9. The van der Waals surface area contributed by atoms with E-state index in [1.807, 2.05) is 24.0 Å². The summed E-state index contributed by atoms with van der Waals surface area (Å²) < 4.78 is 0. The Morgan fingerprint density at radius 3 is 2.76 bits per heavy atom. The topological polar surface area (TPSA) is 52.7 Å². The Labute approximate surface area is 176 Å². The van der Waals surface area contributed by atoms with Crippen molar-refractivity contribution in [1.82, 2.24) is 4.90 Å². The van der Waals surface area contributed by atoms with E-state index in [1.165, 1.54) is 0 Å². The maximum absolute atomic E-state index is 13.1. The van der Waals surface area contributed by atoms with Crippen molar-refractivity contribution in [2.24, 2.45) is 0 Å². The number of aryl methyl sites for hydroxylation is 1. The smallest absolute Gasteiger partial charge is 0.257 e. The maximum atomic E-state index is 13.1. The van der Waals surface area contributed by atoms with E-state index in [0.717, 1.165) is 50.0 Å². The van der Waals surface area contributed by atoms with E-state index in [4.69, 9.17) is 11.6 Å². The van der Waals surface area contributed by atoms with Gasteiger partial charge in [0, 0.05) is 29.4 Å². The molecule has 152 valence electrons. The number of nitrogens with zero attached hydrogens (tertiary/aromatic N) is 2. The second kappa shape index (κ2) is 8.07.